The molecule has 8 nitrogen and oxygen atoms in total. The normalized spacial score (nSPS) is 11.9. The number of nitrogens with zero attached hydrogens (tertiary/aromatic N) is 2. The van der Waals surface area contributed by atoms with Gasteiger partial charge < -0.3 is 15.0 Å². The highest BCUT2D eigenvalue weighted by Crippen LogP contribution is 2.33. The molecule has 0 saturated heterocycles. The molecule has 3 aromatic rings. The highest BCUT2D eigenvalue weighted by molar-refractivity contribution is 7.92. The van der Waals surface area contributed by atoms with Crippen molar-refractivity contribution in [1.82, 2.24) is 10.2 Å². The Kier molecular flexibility index (Phi) is 9.46. The molecule has 0 aliphatic carbocycles. The molecule has 0 spiro atoms. The zero-order valence-electron chi connectivity index (χ0n) is 21.8. The maximum atomic E-state index is 13.9. The summed E-state index contributed by atoms with van der Waals surface area (Å²) in [5.74, 6) is -1.18. The number of likely N-dealkylation sites (N-methyl/N-ethyl adjacent to an activating group) is 1. The van der Waals surface area contributed by atoms with Crippen LogP contribution in [0.5, 0.6) is 5.75 Å². The molecule has 0 heterocycles. The lowest BCUT2D eigenvalue weighted by Gasteiger charge is -2.32. The summed E-state index contributed by atoms with van der Waals surface area (Å²) in [4.78, 5) is 27.9. The summed E-state index contributed by atoms with van der Waals surface area (Å²) in [6, 6.07) is 17.5. The van der Waals surface area contributed by atoms with Crippen LogP contribution in [-0.4, -0.2) is 51.4 Å². The Balaban J connectivity index is 2.08. The zero-order chi connectivity index (χ0) is 27.9. The van der Waals surface area contributed by atoms with E-state index < -0.39 is 40.2 Å². The van der Waals surface area contributed by atoms with E-state index >= 15 is 0 Å². The number of carbonyl (C=O) groups excluding carboxylic acids is 2. The Labute approximate surface area is 223 Å². The number of amides is 2. The van der Waals surface area contributed by atoms with Gasteiger partial charge >= 0.3 is 0 Å². The Hall–Kier alpha value is -3.92. The van der Waals surface area contributed by atoms with Crippen molar-refractivity contribution in [1.29, 1.82) is 0 Å². The van der Waals surface area contributed by atoms with Gasteiger partial charge in [-0.05, 0) is 68.3 Å². The van der Waals surface area contributed by atoms with Gasteiger partial charge in [-0.3, -0.25) is 13.9 Å². The fraction of sp³-hybridized carbons (Fsp3) is 0.286. The number of hydrogen-bond donors (Lipinski definition) is 1. The van der Waals surface area contributed by atoms with E-state index in [0.717, 1.165) is 9.87 Å². The van der Waals surface area contributed by atoms with Crippen LogP contribution in [0, 0.1) is 12.7 Å². The maximum Gasteiger partial charge on any atom is 0.264 e. The second-order valence-electron chi connectivity index (χ2n) is 8.72. The van der Waals surface area contributed by atoms with E-state index in [1.165, 1.54) is 48.4 Å². The van der Waals surface area contributed by atoms with E-state index in [1.54, 1.807) is 57.2 Å². The molecule has 1 atom stereocenters. The number of anilines is 1. The quantitative estimate of drug-likeness (QED) is 0.397. The first kappa shape index (κ1) is 28.6. The number of methoxy groups -OCH3 is 1. The predicted octanol–water partition coefficient (Wildman–Crippen LogP) is 3.89. The van der Waals surface area contributed by atoms with Gasteiger partial charge in [0, 0.05) is 13.1 Å². The van der Waals surface area contributed by atoms with Crippen LogP contribution >= 0.6 is 0 Å². The molecule has 0 aliphatic rings. The molecule has 0 fully saturated rings. The van der Waals surface area contributed by atoms with Gasteiger partial charge in [-0.25, -0.2) is 12.8 Å². The molecule has 0 bridgehead atoms. The van der Waals surface area contributed by atoms with Gasteiger partial charge in [0.05, 0.1) is 17.7 Å². The van der Waals surface area contributed by atoms with Gasteiger partial charge in [0.2, 0.25) is 11.8 Å². The number of aryl methyl sites for hydroxylation is 1. The average Bonchev–Trinajstić information content (AvgIpc) is 2.91. The Morgan fingerprint density at radius 2 is 1.68 bits per heavy atom. The monoisotopic (exact) mass is 541 g/mol. The molecule has 0 saturated carbocycles. The van der Waals surface area contributed by atoms with E-state index in [9.17, 15) is 22.4 Å². The Bertz CT molecular complexity index is 1360. The molecule has 38 heavy (non-hydrogen) atoms. The highest BCUT2D eigenvalue weighted by Gasteiger charge is 2.33. The minimum absolute atomic E-state index is 0.00165. The minimum Gasteiger partial charge on any atom is -0.495 e. The number of ether oxygens (including phenoxy) is 1. The number of halogens is 1. The van der Waals surface area contributed by atoms with Gasteiger partial charge in [0.25, 0.3) is 10.0 Å². The van der Waals surface area contributed by atoms with Crippen LogP contribution in [-0.2, 0) is 26.2 Å². The number of carbonyl (C=O) groups is 2. The summed E-state index contributed by atoms with van der Waals surface area (Å²) < 4.78 is 47.6. The second kappa shape index (κ2) is 12.6. The van der Waals surface area contributed by atoms with Crippen LogP contribution in [0.2, 0.25) is 0 Å². The standard InChI is InChI=1S/C28H32FN3O5S/c1-5-30-28(34)21(3)31(18-22-12-14-23(29)15-13-22)27(33)19-32(25-17-20(2)11-16-26(25)37-4)38(35,36)24-9-7-6-8-10-24/h6-17,21H,5,18-19H2,1-4H3,(H,30,34). The molecular weight excluding hydrogens is 509 g/mol. The fourth-order valence-corrected chi connectivity index (χ4v) is 5.36. The molecule has 0 radical (unpaired) electrons. The summed E-state index contributed by atoms with van der Waals surface area (Å²) >= 11 is 0. The first-order chi connectivity index (χ1) is 18.1. The minimum atomic E-state index is -4.21. The van der Waals surface area contributed by atoms with E-state index in [1.807, 2.05) is 0 Å². The van der Waals surface area contributed by atoms with Crippen LogP contribution in [0.3, 0.4) is 0 Å². The summed E-state index contributed by atoms with van der Waals surface area (Å²) in [7, 11) is -2.79. The Morgan fingerprint density at radius 3 is 2.29 bits per heavy atom. The first-order valence-corrected chi connectivity index (χ1v) is 13.6. The van der Waals surface area contributed by atoms with Crippen LogP contribution in [0.4, 0.5) is 10.1 Å². The third kappa shape index (κ3) is 6.69. The van der Waals surface area contributed by atoms with Gasteiger partial charge in [0.15, 0.2) is 0 Å². The summed E-state index contributed by atoms with van der Waals surface area (Å²) in [6.07, 6.45) is 0. The van der Waals surface area contributed by atoms with Crippen molar-refractivity contribution < 1.29 is 27.1 Å². The summed E-state index contributed by atoms with van der Waals surface area (Å²) in [5.41, 5.74) is 1.54. The van der Waals surface area contributed by atoms with Crippen molar-refractivity contribution in [3.8, 4) is 5.75 Å². The molecule has 3 aromatic carbocycles. The van der Waals surface area contributed by atoms with E-state index in [4.69, 9.17) is 4.74 Å². The summed E-state index contributed by atoms with van der Waals surface area (Å²) in [6.45, 7) is 4.86. The molecule has 202 valence electrons. The van der Waals surface area contributed by atoms with Crippen molar-refractivity contribution in [3.05, 3.63) is 89.7 Å². The maximum absolute atomic E-state index is 13.9. The number of nitrogens with one attached hydrogen (secondary N) is 1. The molecule has 3 rings (SSSR count). The predicted molar refractivity (Wildman–Crippen MR) is 144 cm³/mol. The van der Waals surface area contributed by atoms with Crippen molar-refractivity contribution in [2.45, 2.75) is 38.3 Å². The number of hydrogen-bond acceptors (Lipinski definition) is 5. The van der Waals surface area contributed by atoms with Crippen LogP contribution < -0.4 is 14.4 Å². The third-order valence-electron chi connectivity index (χ3n) is 6.00. The van der Waals surface area contributed by atoms with Crippen molar-refractivity contribution in [3.63, 3.8) is 0 Å². The largest absolute Gasteiger partial charge is 0.495 e. The lowest BCUT2D eigenvalue weighted by molar-refractivity contribution is -0.139. The van der Waals surface area contributed by atoms with Gasteiger partial charge in [-0.15, -0.1) is 0 Å². The molecule has 0 aliphatic heterocycles. The van der Waals surface area contributed by atoms with Crippen LogP contribution in [0.1, 0.15) is 25.0 Å². The van der Waals surface area contributed by atoms with Crippen LogP contribution in [0.15, 0.2) is 77.7 Å². The van der Waals surface area contributed by atoms with Crippen molar-refractivity contribution in [2.24, 2.45) is 0 Å². The third-order valence-corrected chi connectivity index (χ3v) is 7.77. The highest BCUT2D eigenvalue weighted by atomic mass is 32.2. The second-order valence-corrected chi connectivity index (χ2v) is 10.6. The summed E-state index contributed by atoms with van der Waals surface area (Å²) in [5, 5.41) is 2.70. The lowest BCUT2D eigenvalue weighted by atomic mass is 10.1. The van der Waals surface area contributed by atoms with Crippen molar-refractivity contribution >= 4 is 27.5 Å². The number of sulfonamides is 1. The van der Waals surface area contributed by atoms with Crippen LogP contribution in [0.25, 0.3) is 0 Å². The van der Waals surface area contributed by atoms with E-state index in [0.29, 0.717) is 12.1 Å². The molecule has 1 N–H and O–H groups in total. The first-order valence-electron chi connectivity index (χ1n) is 12.1. The lowest BCUT2D eigenvalue weighted by Crippen LogP contribution is -2.51. The van der Waals surface area contributed by atoms with E-state index in [2.05, 4.69) is 5.32 Å². The molecule has 1 unspecified atom stereocenters. The molecular formula is C28H32FN3O5S. The molecule has 2 amide bonds. The zero-order valence-corrected chi connectivity index (χ0v) is 22.7. The SMILES string of the molecule is CCNC(=O)C(C)N(Cc1ccc(F)cc1)C(=O)CN(c1cc(C)ccc1OC)S(=O)(=O)c1ccccc1. The number of rotatable bonds is 11. The topological polar surface area (TPSA) is 96.0 Å². The Morgan fingerprint density at radius 1 is 1.03 bits per heavy atom. The smallest absolute Gasteiger partial charge is 0.264 e. The average molecular weight is 542 g/mol. The van der Waals surface area contributed by atoms with Crippen molar-refractivity contribution in [2.75, 3.05) is 24.5 Å². The van der Waals surface area contributed by atoms with Gasteiger partial charge in [-0.2, -0.15) is 0 Å². The fourth-order valence-electron chi connectivity index (χ4n) is 3.92. The molecule has 0 aromatic heterocycles. The van der Waals surface area contributed by atoms with E-state index in [-0.39, 0.29) is 22.9 Å². The molecule has 10 heteroatoms. The van der Waals surface area contributed by atoms with Gasteiger partial charge in [-0.1, -0.05) is 36.4 Å². The number of benzene rings is 3. The van der Waals surface area contributed by atoms with Gasteiger partial charge in [0.1, 0.15) is 24.2 Å².